The summed E-state index contributed by atoms with van der Waals surface area (Å²) in [5.41, 5.74) is 0. The number of hydrogen-bond acceptors (Lipinski definition) is 3. The summed E-state index contributed by atoms with van der Waals surface area (Å²) in [6.07, 6.45) is -0.538. The Labute approximate surface area is 58.7 Å². The molecule has 3 nitrogen and oxygen atoms in total. The number of rotatable bonds is 4. The Kier molecular flexibility index (Phi) is 4.84. The normalized spacial score (nSPS) is 12.7. The van der Waals surface area contributed by atoms with E-state index < -0.39 is 12.1 Å². The van der Waals surface area contributed by atoms with Crippen molar-refractivity contribution in [3.05, 3.63) is 0 Å². The SMILES string of the molecule is CCCC(F)CC(=O)OO. The zero-order chi connectivity index (χ0) is 7.98. The Morgan fingerprint density at radius 2 is 2.40 bits per heavy atom. The van der Waals surface area contributed by atoms with E-state index in [1.807, 2.05) is 6.92 Å². The third kappa shape index (κ3) is 4.26. The number of carbonyl (C=O) groups excluding carboxylic acids is 1. The lowest BCUT2D eigenvalue weighted by Gasteiger charge is -2.01. The molecule has 0 aliphatic heterocycles. The van der Waals surface area contributed by atoms with Gasteiger partial charge < -0.3 is 4.89 Å². The second-order valence-corrected chi connectivity index (χ2v) is 2.05. The molecule has 1 N–H and O–H groups in total. The van der Waals surface area contributed by atoms with Crippen LogP contribution in [-0.4, -0.2) is 17.4 Å². The third-order valence-electron chi connectivity index (χ3n) is 1.09. The van der Waals surface area contributed by atoms with Gasteiger partial charge in [-0.05, 0) is 6.42 Å². The summed E-state index contributed by atoms with van der Waals surface area (Å²) in [6, 6.07) is 0. The summed E-state index contributed by atoms with van der Waals surface area (Å²) in [7, 11) is 0. The van der Waals surface area contributed by atoms with Crippen molar-refractivity contribution in [3.63, 3.8) is 0 Å². The predicted molar refractivity (Wildman–Crippen MR) is 33.1 cm³/mol. The topological polar surface area (TPSA) is 46.5 Å². The van der Waals surface area contributed by atoms with Crippen LogP contribution in [0.4, 0.5) is 4.39 Å². The fourth-order valence-electron chi connectivity index (χ4n) is 0.633. The molecule has 4 heteroatoms. The molecular weight excluding hydrogens is 139 g/mol. The predicted octanol–water partition coefficient (Wildman–Crippen LogP) is 1.53. The van der Waals surface area contributed by atoms with E-state index in [9.17, 15) is 9.18 Å². The molecule has 0 aliphatic rings. The van der Waals surface area contributed by atoms with E-state index in [4.69, 9.17) is 5.26 Å². The van der Waals surface area contributed by atoms with Crippen LogP contribution in [0.25, 0.3) is 0 Å². The molecule has 0 aromatic heterocycles. The van der Waals surface area contributed by atoms with Crippen molar-refractivity contribution in [1.82, 2.24) is 0 Å². The highest BCUT2D eigenvalue weighted by molar-refractivity contribution is 5.69. The van der Waals surface area contributed by atoms with Crippen molar-refractivity contribution in [2.24, 2.45) is 0 Å². The molecule has 1 unspecified atom stereocenters. The molecule has 0 bridgehead atoms. The van der Waals surface area contributed by atoms with Crippen molar-refractivity contribution in [3.8, 4) is 0 Å². The van der Waals surface area contributed by atoms with Gasteiger partial charge in [-0.25, -0.2) is 9.18 Å². The van der Waals surface area contributed by atoms with Crippen molar-refractivity contribution < 1.29 is 19.3 Å². The fraction of sp³-hybridized carbons (Fsp3) is 0.833. The first-order chi connectivity index (χ1) is 4.70. The molecule has 0 aromatic rings. The van der Waals surface area contributed by atoms with Gasteiger partial charge in [0.2, 0.25) is 0 Å². The Hall–Kier alpha value is -0.640. The highest BCUT2D eigenvalue weighted by Gasteiger charge is 2.12. The van der Waals surface area contributed by atoms with Gasteiger partial charge in [-0.3, -0.25) is 0 Å². The molecule has 0 aromatic carbocycles. The molecule has 0 aliphatic carbocycles. The average molecular weight is 150 g/mol. The van der Waals surface area contributed by atoms with Gasteiger partial charge in [-0.2, -0.15) is 5.26 Å². The first-order valence-corrected chi connectivity index (χ1v) is 3.19. The molecule has 0 saturated carbocycles. The van der Waals surface area contributed by atoms with Crippen LogP contribution in [0.15, 0.2) is 0 Å². The van der Waals surface area contributed by atoms with E-state index in [1.165, 1.54) is 0 Å². The second-order valence-electron chi connectivity index (χ2n) is 2.05. The molecule has 10 heavy (non-hydrogen) atoms. The van der Waals surface area contributed by atoms with E-state index in [-0.39, 0.29) is 6.42 Å². The fourth-order valence-corrected chi connectivity index (χ4v) is 0.633. The van der Waals surface area contributed by atoms with Gasteiger partial charge >= 0.3 is 5.97 Å². The maximum atomic E-state index is 12.4. The van der Waals surface area contributed by atoms with Crippen LogP contribution in [0.5, 0.6) is 0 Å². The lowest BCUT2D eigenvalue weighted by atomic mass is 10.2. The first kappa shape index (κ1) is 9.36. The highest BCUT2D eigenvalue weighted by Crippen LogP contribution is 2.06. The first-order valence-electron chi connectivity index (χ1n) is 3.19. The number of halogens is 1. The van der Waals surface area contributed by atoms with Crippen LogP contribution in [-0.2, 0) is 9.68 Å². The van der Waals surface area contributed by atoms with Crippen molar-refractivity contribution in [2.75, 3.05) is 0 Å². The van der Waals surface area contributed by atoms with Gasteiger partial charge in [0, 0.05) is 0 Å². The highest BCUT2D eigenvalue weighted by atomic mass is 19.1. The van der Waals surface area contributed by atoms with Gasteiger partial charge in [0.25, 0.3) is 0 Å². The van der Waals surface area contributed by atoms with Gasteiger partial charge in [0.05, 0.1) is 6.42 Å². The van der Waals surface area contributed by atoms with Crippen LogP contribution in [0, 0.1) is 0 Å². The Morgan fingerprint density at radius 3 is 2.80 bits per heavy atom. The van der Waals surface area contributed by atoms with E-state index in [1.54, 1.807) is 0 Å². The monoisotopic (exact) mass is 150 g/mol. The summed E-state index contributed by atoms with van der Waals surface area (Å²) in [4.78, 5) is 13.5. The molecule has 0 saturated heterocycles. The van der Waals surface area contributed by atoms with Crippen LogP contribution in [0.2, 0.25) is 0 Å². The van der Waals surface area contributed by atoms with Crippen molar-refractivity contribution in [1.29, 1.82) is 0 Å². The van der Waals surface area contributed by atoms with E-state index in [0.29, 0.717) is 12.8 Å². The summed E-state index contributed by atoms with van der Waals surface area (Å²) >= 11 is 0. The second kappa shape index (κ2) is 5.17. The molecule has 0 fully saturated rings. The zero-order valence-corrected chi connectivity index (χ0v) is 5.84. The van der Waals surface area contributed by atoms with Crippen LogP contribution in [0.1, 0.15) is 26.2 Å². The Bertz CT molecular complexity index is 105. The average Bonchev–Trinajstić information content (AvgIpc) is 1.88. The quantitative estimate of drug-likeness (QED) is 0.488. The largest absolute Gasteiger partial charge is 0.344 e. The van der Waals surface area contributed by atoms with Crippen LogP contribution in [0.3, 0.4) is 0 Å². The van der Waals surface area contributed by atoms with Gasteiger partial charge in [0.1, 0.15) is 6.17 Å². The number of hydrogen-bond donors (Lipinski definition) is 1. The van der Waals surface area contributed by atoms with Crippen molar-refractivity contribution >= 4 is 5.97 Å². The smallest absolute Gasteiger partial charge is 0.301 e. The molecule has 1 atom stereocenters. The molecule has 0 amide bonds. The summed E-state index contributed by atoms with van der Waals surface area (Å²) in [5, 5.41) is 7.74. The molecule has 0 radical (unpaired) electrons. The number of carbonyl (C=O) groups is 1. The summed E-state index contributed by atoms with van der Waals surface area (Å²) in [5.74, 6) is -0.916. The lowest BCUT2D eigenvalue weighted by Crippen LogP contribution is -2.10. The minimum atomic E-state index is -1.19. The Morgan fingerprint density at radius 1 is 1.80 bits per heavy atom. The third-order valence-corrected chi connectivity index (χ3v) is 1.09. The van der Waals surface area contributed by atoms with Gasteiger partial charge in [0.15, 0.2) is 0 Å². The van der Waals surface area contributed by atoms with Crippen molar-refractivity contribution in [2.45, 2.75) is 32.4 Å². The van der Waals surface area contributed by atoms with E-state index >= 15 is 0 Å². The van der Waals surface area contributed by atoms with Gasteiger partial charge in [-0.1, -0.05) is 13.3 Å². The van der Waals surface area contributed by atoms with Gasteiger partial charge in [-0.15, -0.1) is 0 Å². The standard InChI is InChI=1S/C6H11FO3/c1-2-3-5(7)4-6(8)10-9/h5,9H,2-4H2,1H3. The summed E-state index contributed by atoms with van der Waals surface area (Å²) in [6.45, 7) is 1.82. The summed E-state index contributed by atoms with van der Waals surface area (Å²) < 4.78 is 12.4. The molecule has 0 spiro atoms. The van der Waals surface area contributed by atoms with Crippen LogP contribution >= 0.6 is 0 Å². The molecule has 0 rings (SSSR count). The maximum absolute atomic E-state index is 12.4. The lowest BCUT2D eigenvalue weighted by molar-refractivity contribution is -0.235. The van der Waals surface area contributed by atoms with E-state index in [2.05, 4.69) is 4.89 Å². The zero-order valence-electron chi connectivity index (χ0n) is 5.84. The van der Waals surface area contributed by atoms with Crippen LogP contribution < -0.4 is 0 Å². The molecule has 0 heterocycles. The Balaban J connectivity index is 3.37. The minimum absolute atomic E-state index is 0.328. The van der Waals surface area contributed by atoms with E-state index in [0.717, 1.165) is 0 Å². The molecule has 60 valence electrons. The minimum Gasteiger partial charge on any atom is -0.301 e. The maximum Gasteiger partial charge on any atom is 0.344 e. The molecular formula is C6H11FO3. The number of alkyl halides is 1.